The minimum absolute atomic E-state index is 0.0237. The van der Waals surface area contributed by atoms with Crippen LogP contribution in [-0.2, 0) is 11.3 Å². The average Bonchev–Trinajstić information content (AvgIpc) is 3.36. The third-order valence-electron chi connectivity index (χ3n) is 5.71. The van der Waals surface area contributed by atoms with Crippen LogP contribution in [0.5, 0.6) is 0 Å². The summed E-state index contributed by atoms with van der Waals surface area (Å²) in [7, 11) is 1.83. The molecule has 1 atom stereocenters. The van der Waals surface area contributed by atoms with Crippen molar-refractivity contribution in [1.29, 1.82) is 0 Å². The van der Waals surface area contributed by atoms with Gasteiger partial charge in [-0.15, -0.1) is 0 Å². The number of hydrogen-bond acceptors (Lipinski definition) is 4. The van der Waals surface area contributed by atoms with Gasteiger partial charge in [0.05, 0.1) is 6.04 Å². The highest BCUT2D eigenvalue weighted by atomic mass is 16.2. The second-order valence-corrected chi connectivity index (χ2v) is 7.37. The molecule has 0 saturated carbocycles. The van der Waals surface area contributed by atoms with Crippen LogP contribution in [0.25, 0.3) is 0 Å². The molecule has 2 aliphatic rings. The number of imidazole rings is 1. The minimum Gasteiger partial charge on any atom is -0.354 e. The number of nitrogens with one attached hydrogen (secondary N) is 1. The molecule has 1 amide bonds. The molecule has 2 aliphatic heterocycles. The number of nitrogens with zero attached hydrogens (tertiary/aromatic N) is 6. The molecule has 1 N–H and O–H groups in total. The Morgan fingerprint density at radius 3 is 2.48 bits per heavy atom. The molecule has 3 rings (SSSR count). The van der Waals surface area contributed by atoms with E-state index in [9.17, 15) is 4.79 Å². The largest absolute Gasteiger partial charge is 0.354 e. The summed E-state index contributed by atoms with van der Waals surface area (Å²) in [6.45, 7) is 11.2. The van der Waals surface area contributed by atoms with Crippen molar-refractivity contribution in [2.45, 2.75) is 39.3 Å². The molecule has 2 saturated heterocycles. The zero-order valence-electron chi connectivity index (χ0n) is 16.9. The lowest BCUT2D eigenvalue weighted by molar-refractivity contribution is -0.135. The molecule has 1 aromatic heterocycles. The van der Waals surface area contributed by atoms with Gasteiger partial charge in [-0.1, -0.05) is 0 Å². The second-order valence-electron chi connectivity index (χ2n) is 7.37. The minimum atomic E-state index is -0.0237. The Morgan fingerprint density at radius 1 is 1.19 bits per heavy atom. The van der Waals surface area contributed by atoms with Crippen LogP contribution in [0.4, 0.5) is 0 Å². The molecule has 1 aromatic rings. The molecule has 8 nitrogen and oxygen atoms in total. The molecule has 0 bridgehead atoms. The Kier molecular flexibility index (Phi) is 6.71. The monoisotopic (exact) mass is 375 g/mol. The van der Waals surface area contributed by atoms with Gasteiger partial charge in [0.1, 0.15) is 5.82 Å². The maximum Gasteiger partial charge on any atom is 0.239 e. The third-order valence-corrected chi connectivity index (χ3v) is 5.71. The molecule has 27 heavy (non-hydrogen) atoms. The van der Waals surface area contributed by atoms with E-state index in [1.54, 1.807) is 0 Å². The van der Waals surface area contributed by atoms with E-state index in [-0.39, 0.29) is 6.04 Å². The van der Waals surface area contributed by atoms with Gasteiger partial charge < -0.3 is 19.7 Å². The predicted molar refractivity (Wildman–Crippen MR) is 107 cm³/mol. The molecule has 1 unspecified atom stereocenters. The van der Waals surface area contributed by atoms with Crippen LogP contribution in [0.15, 0.2) is 17.4 Å². The number of guanidine groups is 1. The molecule has 0 aliphatic carbocycles. The molecule has 0 radical (unpaired) electrons. The van der Waals surface area contributed by atoms with E-state index in [1.165, 1.54) is 0 Å². The first-order chi connectivity index (χ1) is 13.1. The highest BCUT2D eigenvalue weighted by Crippen LogP contribution is 2.14. The lowest BCUT2D eigenvalue weighted by Gasteiger charge is -2.39. The normalized spacial score (nSPS) is 20.2. The van der Waals surface area contributed by atoms with Gasteiger partial charge in [0.25, 0.3) is 0 Å². The molecule has 3 heterocycles. The van der Waals surface area contributed by atoms with Gasteiger partial charge in [0.2, 0.25) is 5.91 Å². The summed E-state index contributed by atoms with van der Waals surface area (Å²) in [5.41, 5.74) is 0. The van der Waals surface area contributed by atoms with Crippen LogP contribution >= 0.6 is 0 Å². The maximum absolute atomic E-state index is 12.6. The zero-order chi connectivity index (χ0) is 19.2. The molecular weight excluding hydrogens is 342 g/mol. The highest BCUT2D eigenvalue weighted by molar-refractivity contribution is 5.82. The summed E-state index contributed by atoms with van der Waals surface area (Å²) in [6.07, 6.45) is 6.12. The number of aromatic nitrogens is 2. The summed E-state index contributed by atoms with van der Waals surface area (Å²) in [5, 5.41) is 3.45. The van der Waals surface area contributed by atoms with Crippen molar-refractivity contribution >= 4 is 11.9 Å². The van der Waals surface area contributed by atoms with Gasteiger partial charge in [-0.2, -0.15) is 0 Å². The quantitative estimate of drug-likeness (QED) is 0.596. The van der Waals surface area contributed by atoms with E-state index in [1.807, 2.05) is 31.3 Å². The summed E-state index contributed by atoms with van der Waals surface area (Å²) in [4.78, 5) is 27.9. The van der Waals surface area contributed by atoms with Crippen LogP contribution in [0.1, 0.15) is 25.6 Å². The number of carbonyl (C=O) groups is 1. The standard InChI is InChI=1S/C19H33N7O/c1-16(18(27)25-8-4-5-9-25)23-12-14-26(15-13-23)19(20-3)22-7-11-24-10-6-21-17(24)2/h6,10,16H,4-5,7-9,11-15H2,1-3H3,(H,20,22). The van der Waals surface area contributed by atoms with Crippen LogP contribution in [-0.4, -0.2) is 95.0 Å². The van der Waals surface area contributed by atoms with Crippen LogP contribution in [0, 0.1) is 6.92 Å². The molecular formula is C19H33N7O. The lowest BCUT2D eigenvalue weighted by atomic mass is 10.2. The van der Waals surface area contributed by atoms with Crippen molar-refractivity contribution in [3.8, 4) is 0 Å². The Hall–Kier alpha value is -2.09. The van der Waals surface area contributed by atoms with Crippen molar-refractivity contribution < 1.29 is 4.79 Å². The zero-order valence-corrected chi connectivity index (χ0v) is 16.9. The highest BCUT2D eigenvalue weighted by Gasteiger charge is 2.30. The number of carbonyl (C=O) groups excluding carboxylic acids is 1. The number of piperazine rings is 1. The van der Waals surface area contributed by atoms with Crippen LogP contribution < -0.4 is 5.32 Å². The number of likely N-dealkylation sites (tertiary alicyclic amines) is 1. The van der Waals surface area contributed by atoms with Gasteiger partial charge >= 0.3 is 0 Å². The molecule has 0 aromatic carbocycles. The van der Waals surface area contributed by atoms with E-state index in [0.717, 1.165) is 77.0 Å². The van der Waals surface area contributed by atoms with Gasteiger partial charge in [0.15, 0.2) is 5.96 Å². The Morgan fingerprint density at radius 2 is 1.89 bits per heavy atom. The molecule has 2 fully saturated rings. The average molecular weight is 376 g/mol. The fourth-order valence-electron chi connectivity index (χ4n) is 3.94. The molecule has 0 spiro atoms. The van der Waals surface area contributed by atoms with Gasteiger partial charge in [-0.25, -0.2) is 4.98 Å². The van der Waals surface area contributed by atoms with E-state index in [0.29, 0.717) is 5.91 Å². The number of hydrogen-bond donors (Lipinski definition) is 1. The summed E-state index contributed by atoms with van der Waals surface area (Å²) < 4.78 is 2.13. The van der Waals surface area contributed by atoms with Crippen molar-refractivity contribution in [1.82, 2.24) is 29.6 Å². The Balaban J connectivity index is 1.44. The Labute approximate surface area is 162 Å². The molecule has 8 heteroatoms. The van der Waals surface area contributed by atoms with Gasteiger partial charge in [0, 0.05) is 71.8 Å². The van der Waals surface area contributed by atoms with E-state index < -0.39 is 0 Å². The lowest BCUT2D eigenvalue weighted by Crippen LogP contribution is -2.57. The Bertz CT molecular complexity index is 642. The van der Waals surface area contributed by atoms with Crippen molar-refractivity contribution in [3.05, 3.63) is 18.2 Å². The van der Waals surface area contributed by atoms with Gasteiger partial charge in [-0.05, 0) is 26.7 Å². The van der Waals surface area contributed by atoms with Crippen LogP contribution in [0.2, 0.25) is 0 Å². The first-order valence-corrected chi connectivity index (χ1v) is 10.1. The molecule has 150 valence electrons. The third kappa shape index (κ3) is 4.80. The first-order valence-electron chi connectivity index (χ1n) is 10.1. The second kappa shape index (κ2) is 9.21. The number of aliphatic imine (C=N–C) groups is 1. The number of amides is 1. The smallest absolute Gasteiger partial charge is 0.239 e. The maximum atomic E-state index is 12.6. The van der Waals surface area contributed by atoms with Crippen molar-refractivity contribution in [3.63, 3.8) is 0 Å². The topological polar surface area (TPSA) is 69.0 Å². The van der Waals surface area contributed by atoms with Gasteiger partial charge in [-0.3, -0.25) is 14.7 Å². The summed E-state index contributed by atoms with van der Waals surface area (Å²) in [5.74, 6) is 2.25. The van der Waals surface area contributed by atoms with Crippen LogP contribution in [0.3, 0.4) is 0 Å². The van der Waals surface area contributed by atoms with Crippen molar-refractivity contribution in [2.75, 3.05) is 52.9 Å². The van der Waals surface area contributed by atoms with E-state index in [2.05, 4.69) is 36.6 Å². The van der Waals surface area contributed by atoms with E-state index in [4.69, 9.17) is 0 Å². The van der Waals surface area contributed by atoms with E-state index >= 15 is 0 Å². The predicted octanol–water partition coefficient (Wildman–Crippen LogP) is 0.395. The first kappa shape index (κ1) is 19.7. The fraction of sp³-hybridized carbons (Fsp3) is 0.737. The number of aryl methyl sites for hydroxylation is 1. The summed E-state index contributed by atoms with van der Waals surface area (Å²) >= 11 is 0. The fourth-order valence-corrected chi connectivity index (χ4v) is 3.94. The summed E-state index contributed by atoms with van der Waals surface area (Å²) in [6, 6.07) is -0.0237. The number of rotatable bonds is 5. The van der Waals surface area contributed by atoms with Crippen molar-refractivity contribution in [2.24, 2.45) is 4.99 Å². The SMILES string of the molecule is CN=C(NCCn1ccnc1C)N1CCN(C(C)C(=O)N2CCCC2)CC1.